The number of benzene rings is 3. The van der Waals surface area contributed by atoms with Gasteiger partial charge < -0.3 is 20.5 Å². The first-order valence-electron chi connectivity index (χ1n) is 11.5. The molecule has 8 heteroatoms. The summed E-state index contributed by atoms with van der Waals surface area (Å²) in [5.41, 5.74) is 10.2. The van der Waals surface area contributed by atoms with Gasteiger partial charge in [-0.1, -0.05) is 48.5 Å². The summed E-state index contributed by atoms with van der Waals surface area (Å²) in [6.45, 7) is 0.859. The third-order valence-corrected chi connectivity index (χ3v) is 5.39. The van der Waals surface area contributed by atoms with Gasteiger partial charge in [-0.15, -0.1) is 0 Å². The number of hydrogen-bond donors (Lipinski definition) is 2. The van der Waals surface area contributed by atoms with Crippen molar-refractivity contribution in [3.05, 3.63) is 89.0 Å². The summed E-state index contributed by atoms with van der Waals surface area (Å²) in [7, 11) is 1.33. The average molecular weight is 497 g/mol. The lowest BCUT2D eigenvalue weighted by atomic mass is 9.97. The van der Waals surface area contributed by atoms with Gasteiger partial charge in [0.25, 0.3) is 5.92 Å². The van der Waals surface area contributed by atoms with Crippen LogP contribution >= 0.6 is 0 Å². The van der Waals surface area contributed by atoms with E-state index in [0.717, 1.165) is 34.7 Å². The van der Waals surface area contributed by atoms with E-state index >= 15 is 0 Å². The number of primary amides is 1. The van der Waals surface area contributed by atoms with Gasteiger partial charge in [-0.3, -0.25) is 9.59 Å². The van der Waals surface area contributed by atoms with Crippen molar-refractivity contribution in [1.29, 1.82) is 0 Å². The number of carbonyl (C=O) groups is 2. The Kier molecular flexibility index (Phi) is 9.13. The van der Waals surface area contributed by atoms with E-state index in [1.54, 1.807) is 12.1 Å². The van der Waals surface area contributed by atoms with Crippen LogP contribution in [0.25, 0.3) is 11.1 Å². The molecular weight excluding hydrogens is 466 g/mol. The van der Waals surface area contributed by atoms with Crippen molar-refractivity contribution in [1.82, 2.24) is 5.32 Å². The summed E-state index contributed by atoms with van der Waals surface area (Å²) in [5.74, 6) is -3.06. The van der Waals surface area contributed by atoms with Gasteiger partial charge in [-0.2, -0.15) is 0 Å². The average Bonchev–Trinajstić information content (AvgIpc) is 2.82. The van der Waals surface area contributed by atoms with E-state index in [1.807, 2.05) is 54.6 Å². The Bertz CT molecular complexity index is 1210. The van der Waals surface area contributed by atoms with Crippen molar-refractivity contribution in [2.75, 3.05) is 13.7 Å². The van der Waals surface area contributed by atoms with Gasteiger partial charge in [0.2, 0.25) is 5.91 Å². The topological polar surface area (TPSA) is 90.7 Å². The van der Waals surface area contributed by atoms with Crippen LogP contribution in [0.5, 0.6) is 5.75 Å². The van der Waals surface area contributed by atoms with Crippen LogP contribution in [0.15, 0.2) is 66.7 Å². The molecule has 0 spiro atoms. The van der Waals surface area contributed by atoms with Crippen LogP contribution < -0.4 is 15.8 Å². The lowest BCUT2D eigenvalue weighted by Crippen LogP contribution is -2.29. The van der Waals surface area contributed by atoms with Crippen LogP contribution in [-0.2, 0) is 40.3 Å². The highest BCUT2D eigenvalue weighted by Gasteiger charge is 2.20. The van der Waals surface area contributed by atoms with Crippen LogP contribution in [0.3, 0.4) is 0 Å². The van der Waals surface area contributed by atoms with Crippen molar-refractivity contribution in [2.24, 2.45) is 5.73 Å². The molecule has 0 unspecified atom stereocenters. The second kappa shape index (κ2) is 12.3. The Hall–Kier alpha value is -3.78. The molecule has 0 fully saturated rings. The van der Waals surface area contributed by atoms with Crippen LogP contribution in [0.1, 0.15) is 29.2 Å². The molecular formula is C28H30F2N2O4. The van der Waals surface area contributed by atoms with Crippen molar-refractivity contribution >= 4 is 11.9 Å². The van der Waals surface area contributed by atoms with E-state index in [4.69, 9.17) is 15.2 Å². The smallest absolute Gasteiger partial charge is 0.310 e. The maximum Gasteiger partial charge on any atom is 0.310 e. The van der Waals surface area contributed by atoms with Gasteiger partial charge in [0, 0.05) is 19.0 Å². The number of rotatable bonds is 12. The highest BCUT2D eigenvalue weighted by atomic mass is 19.3. The van der Waals surface area contributed by atoms with E-state index in [-0.39, 0.29) is 32.0 Å². The van der Waals surface area contributed by atoms with Gasteiger partial charge >= 0.3 is 5.97 Å². The van der Waals surface area contributed by atoms with E-state index in [9.17, 15) is 18.4 Å². The highest BCUT2D eigenvalue weighted by molar-refractivity contribution is 5.77. The van der Waals surface area contributed by atoms with Crippen molar-refractivity contribution in [3.63, 3.8) is 0 Å². The fraction of sp³-hybridized carbons (Fsp3) is 0.286. The normalized spacial score (nSPS) is 11.2. The number of alkyl halides is 2. The SMILES string of the molecule is COC(=O)Cc1ccccc1OCc1cc(CNCC(C)(F)F)cc(-c2cccc(CC(N)=O)c2)c1. The molecule has 0 aliphatic heterocycles. The second-order valence-corrected chi connectivity index (χ2v) is 8.70. The zero-order valence-corrected chi connectivity index (χ0v) is 20.4. The molecule has 3 N–H and O–H groups in total. The van der Waals surface area contributed by atoms with Crippen LogP contribution in [-0.4, -0.2) is 31.5 Å². The standard InChI is InChI=1S/C28H30F2N2O4/c1-28(29,30)18-32-16-20-10-21(17-36-25-9-4-3-7-23(25)15-27(34)35-2)13-24(12-20)22-8-5-6-19(11-22)14-26(31)33/h3-13,32H,14-18H2,1-2H3,(H2,31,33). The number of hydrogen-bond acceptors (Lipinski definition) is 5. The van der Waals surface area contributed by atoms with Crippen molar-refractivity contribution < 1.29 is 27.8 Å². The molecule has 6 nitrogen and oxygen atoms in total. The molecule has 0 saturated carbocycles. The Morgan fingerprint density at radius 2 is 1.64 bits per heavy atom. The largest absolute Gasteiger partial charge is 0.489 e. The quantitative estimate of drug-likeness (QED) is 0.362. The molecule has 190 valence electrons. The summed E-state index contributed by atoms with van der Waals surface area (Å²) in [6.07, 6.45) is 0.202. The molecule has 0 atom stereocenters. The fourth-order valence-corrected chi connectivity index (χ4v) is 3.78. The van der Waals surface area contributed by atoms with Crippen LogP contribution in [0.2, 0.25) is 0 Å². The molecule has 0 radical (unpaired) electrons. The predicted octanol–water partition coefficient (Wildman–Crippen LogP) is 4.42. The zero-order chi connectivity index (χ0) is 26.1. The summed E-state index contributed by atoms with van der Waals surface area (Å²) in [4.78, 5) is 23.1. The maximum atomic E-state index is 13.3. The molecule has 0 bridgehead atoms. The first-order valence-corrected chi connectivity index (χ1v) is 11.5. The van der Waals surface area contributed by atoms with Crippen molar-refractivity contribution in [3.8, 4) is 16.9 Å². The summed E-state index contributed by atoms with van der Waals surface area (Å²) in [5, 5.41) is 2.79. The van der Waals surface area contributed by atoms with Crippen LogP contribution in [0.4, 0.5) is 8.78 Å². The molecule has 3 aromatic carbocycles. The Morgan fingerprint density at radius 3 is 2.36 bits per heavy atom. The minimum absolute atomic E-state index is 0.0831. The van der Waals surface area contributed by atoms with Gasteiger partial charge in [0.15, 0.2) is 0 Å². The molecule has 36 heavy (non-hydrogen) atoms. The Morgan fingerprint density at radius 1 is 0.917 bits per heavy atom. The molecule has 3 rings (SSSR count). The van der Waals surface area contributed by atoms with Gasteiger partial charge in [0.05, 0.1) is 26.5 Å². The third-order valence-electron chi connectivity index (χ3n) is 5.39. The minimum Gasteiger partial charge on any atom is -0.489 e. The summed E-state index contributed by atoms with van der Waals surface area (Å²) in [6, 6.07) is 20.4. The number of para-hydroxylation sites is 1. The number of amides is 1. The number of ether oxygens (including phenoxy) is 2. The summed E-state index contributed by atoms with van der Waals surface area (Å²) >= 11 is 0. The predicted molar refractivity (Wildman–Crippen MR) is 134 cm³/mol. The van der Waals surface area contributed by atoms with Gasteiger partial charge in [-0.05, 0) is 46.0 Å². The molecule has 0 aliphatic carbocycles. The third kappa shape index (κ3) is 8.46. The zero-order valence-electron chi connectivity index (χ0n) is 20.4. The Labute approximate surface area is 209 Å². The minimum atomic E-state index is -2.82. The van der Waals surface area contributed by atoms with E-state index in [0.29, 0.717) is 11.3 Å². The molecule has 0 aromatic heterocycles. The number of esters is 1. The first kappa shape index (κ1) is 26.8. The monoisotopic (exact) mass is 496 g/mol. The maximum absolute atomic E-state index is 13.3. The van der Waals surface area contributed by atoms with E-state index in [2.05, 4.69) is 5.32 Å². The van der Waals surface area contributed by atoms with Crippen LogP contribution in [0, 0.1) is 0 Å². The van der Waals surface area contributed by atoms with E-state index < -0.39 is 18.4 Å². The number of nitrogens with one attached hydrogen (secondary N) is 1. The molecule has 0 heterocycles. The Balaban J connectivity index is 1.88. The van der Waals surface area contributed by atoms with E-state index in [1.165, 1.54) is 7.11 Å². The number of methoxy groups -OCH3 is 1. The highest BCUT2D eigenvalue weighted by Crippen LogP contribution is 2.26. The lowest BCUT2D eigenvalue weighted by molar-refractivity contribution is -0.139. The number of halogens is 2. The van der Waals surface area contributed by atoms with Crippen molar-refractivity contribution in [2.45, 2.75) is 38.8 Å². The number of nitrogens with two attached hydrogens (primary N) is 1. The summed E-state index contributed by atoms with van der Waals surface area (Å²) < 4.78 is 37.4. The fourth-order valence-electron chi connectivity index (χ4n) is 3.78. The molecule has 0 saturated heterocycles. The molecule has 1 amide bonds. The molecule has 0 aliphatic rings. The lowest BCUT2D eigenvalue weighted by Gasteiger charge is -2.15. The molecule has 3 aromatic rings. The second-order valence-electron chi connectivity index (χ2n) is 8.70. The first-order chi connectivity index (χ1) is 17.1. The van der Waals surface area contributed by atoms with Gasteiger partial charge in [-0.25, -0.2) is 8.78 Å². The van der Waals surface area contributed by atoms with Gasteiger partial charge in [0.1, 0.15) is 12.4 Å². The number of carbonyl (C=O) groups excluding carboxylic acids is 2.